The van der Waals surface area contributed by atoms with Gasteiger partial charge in [0.05, 0.1) is 23.7 Å². The third-order valence-electron chi connectivity index (χ3n) is 3.76. The van der Waals surface area contributed by atoms with E-state index in [0.717, 1.165) is 0 Å². The molecule has 7 nitrogen and oxygen atoms in total. The fourth-order valence-corrected chi connectivity index (χ4v) is 3.99. The van der Waals surface area contributed by atoms with Gasteiger partial charge in [0.25, 0.3) is 0 Å². The number of hydrogen-bond donors (Lipinski definition) is 1. The van der Waals surface area contributed by atoms with Crippen LogP contribution in [0, 0.1) is 0 Å². The predicted molar refractivity (Wildman–Crippen MR) is 86.2 cm³/mol. The number of aromatic carboxylic acids is 1. The average Bonchev–Trinajstić information content (AvgIpc) is 2.62. The van der Waals surface area contributed by atoms with Crippen LogP contribution in [-0.4, -0.2) is 55.1 Å². The lowest BCUT2D eigenvalue weighted by Gasteiger charge is -2.26. The van der Waals surface area contributed by atoms with Gasteiger partial charge in [0.1, 0.15) is 0 Å². The maximum atomic E-state index is 12.8. The smallest absolute Gasteiger partial charge is 0.335 e. The quantitative estimate of drug-likeness (QED) is 0.899. The number of nitrogens with zero attached hydrogens (tertiary/aromatic N) is 2. The van der Waals surface area contributed by atoms with E-state index >= 15 is 0 Å². The molecule has 0 atom stereocenters. The van der Waals surface area contributed by atoms with Gasteiger partial charge in [-0.15, -0.1) is 0 Å². The highest BCUT2D eigenvalue weighted by atomic mass is 32.2. The van der Waals surface area contributed by atoms with Crippen LogP contribution in [0.15, 0.2) is 47.6 Å². The zero-order valence-electron chi connectivity index (χ0n) is 12.8. The zero-order valence-corrected chi connectivity index (χ0v) is 13.6. The molecular weight excluding hydrogens is 332 g/mol. The van der Waals surface area contributed by atoms with Gasteiger partial charge in [-0.05, 0) is 29.8 Å². The third kappa shape index (κ3) is 3.30. The van der Waals surface area contributed by atoms with E-state index in [-0.39, 0.29) is 23.5 Å². The molecule has 0 bridgehead atoms. The van der Waals surface area contributed by atoms with Crippen LogP contribution in [0.2, 0.25) is 0 Å². The van der Waals surface area contributed by atoms with Gasteiger partial charge in [-0.25, -0.2) is 13.2 Å². The molecule has 2 heterocycles. The van der Waals surface area contributed by atoms with Crippen LogP contribution in [0.1, 0.15) is 10.4 Å². The predicted octanol–water partition coefficient (Wildman–Crippen LogP) is 1.47. The highest BCUT2D eigenvalue weighted by molar-refractivity contribution is 7.89. The highest BCUT2D eigenvalue weighted by Crippen LogP contribution is 2.26. The molecule has 1 N–H and O–H groups in total. The molecule has 1 saturated heterocycles. The highest BCUT2D eigenvalue weighted by Gasteiger charge is 2.27. The van der Waals surface area contributed by atoms with Gasteiger partial charge in [-0.2, -0.15) is 4.31 Å². The van der Waals surface area contributed by atoms with Crippen molar-refractivity contribution in [3.63, 3.8) is 0 Å². The lowest BCUT2D eigenvalue weighted by atomic mass is 10.0. The van der Waals surface area contributed by atoms with Crippen molar-refractivity contribution in [1.82, 2.24) is 9.29 Å². The van der Waals surface area contributed by atoms with Crippen molar-refractivity contribution in [1.29, 1.82) is 0 Å². The number of rotatable bonds is 4. The van der Waals surface area contributed by atoms with Crippen molar-refractivity contribution in [2.75, 3.05) is 26.3 Å². The summed E-state index contributed by atoms with van der Waals surface area (Å²) in [6.07, 6.45) is 3.15. The van der Waals surface area contributed by atoms with Gasteiger partial charge >= 0.3 is 5.97 Å². The Balaban J connectivity index is 2.10. The number of sulfonamides is 1. The first kappa shape index (κ1) is 16.6. The minimum atomic E-state index is -3.78. The first-order chi connectivity index (χ1) is 11.5. The maximum Gasteiger partial charge on any atom is 0.335 e. The summed E-state index contributed by atoms with van der Waals surface area (Å²) < 4.78 is 32.1. The van der Waals surface area contributed by atoms with Crippen LogP contribution in [0.25, 0.3) is 11.1 Å². The molecular formula is C16H16N2O5S. The number of hydrogen-bond acceptors (Lipinski definition) is 5. The Morgan fingerprint density at radius 1 is 1.17 bits per heavy atom. The number of ether oxygens (including phenoxy) is 1. The minimum Gasteiger partial charge on any atom is -0.478 e. The SMILES string of the molecule is O=C(O)c1cc(-c2cccnc2)cc(S(=O)(=O)N2CCOCC2)c1. The van der Waals surface area contributed by atoms with Crippen molar-refractivity contribution < 1.29 is 23.1 Å². The molecule has 2 aromatic rings. The van der Waals surface area contributed by atoms with E-state index < -0.39 is 16.0 Å². The van der Waals surface area contributed by atoms with E-state index in [1.807, 2.05) is 0 Å². The number of pyridine rings is 1. The molecule has 1 aromatic carbocycles. The average molecular weight is 348 g/mol. The standard InChI is InChI=1S/C16H16N2O5S/c19-16(20)14-8-13(12-2-1-3-17-11-12)9-15(10-14)24(21,22)18-4-6-23-7-5-18/h1-3,8-11H,4-7H2,(H,19,20). The lowest BCUT2D eigenvalue weighted by Crippen LogP contribution is -2.40. The van der Waals surface area contributed by atoms with Crippen LogP contribution in [0.4, 0.5) is 0 Å². The third-order valence-corrected chi connectivity index (χ3v) is 5.63. The van der Waals surface area contributed by atoms with Gasteiger partial charge in [0.15, 0.2) is 0 Å². The van der Waals surface area contributed by atoms with E-state index in [1.54, 1.807) is 24.5 Å². The Morgan fingerprint density at radius 3 is 2.54 bits per heavy atom. The monoisotopic (exact) mass is 348 g/mol. The van der Waals surface area contributed by atoms with E-state index in [1.165, 1.54) is 22.5 Å². The number of carbonyl (C=O) groups is 1. The Hall–Kier alpha value is -2.29. The Morgan fingerprint density at radius 2 is 1.92 bits per heavy atom. The van der Waals surface area contributed by atoms with Crippen LogP contribution >= 0.6 is 0 Å². The van der Waals surface area contributed by atoms with E-state index in [4.69, 9.17) is 4.74 Å². The van der Waals surface area contributed by atoms with E-state index in [0.29, 0.717) is 24.3 Å². The summed E-state index contributed by atoms with van der Waals surface area (Å²) in [5.74, 6) is -1.18. The zero-order chi connectivity index (χ0) is 17.2. The van der Waals surface area contributed by atoms with Crippen LogP contribution in [0.5, 0.6) is 0 Å². The molecule has 0 saturated carbocycles. The number of aromatic nitrogens is 1. The lowest BCUT2D eigenvalue weighted by molar-refractivity contribution is 0.0696. The van der Waals surface area contributed by atoms with Gasteiger partial charge in [0, 0.05) is 31.0 Å². The number of morpholine rings is 1. The van der Waals surface area contributed by atoms with Gasteiger partial charge in [0.2, 0.25) is 10.0 Å². The molecule has 1 fully saturated rings. The summed E-state index contributed by atoms with van der Waals surface area (Å²) in [5.41, 5.74) is 1.07. The molecule has 0 unspecified atom stereocenters. The van der Waals surface area contributed by atoms with Gasteiger partial charge in [-0.1, -0.05) is 6.07 Å². The first-order valence-electron chi connectivity index (χ1n) is 7.35. The van der Waals surface area contributed by atoms with E-state index in [9.17, 15) is 18.3 Å². The fraction of sp³-hybridized carbons (Fsp3) is 0.250. The van der Waals surface area contributed by atoms with Crippen molar-refractivity contribution in [3.05, 3.63) is 48.3 Å². The molecule has 1 aromatic heterocycles. The van der Waals surface area contributed by atoms with Crippen LogP contribution in [0.3, 0.4) is 0 Å². The molecule has 0 spiro atoms. The molecule has 0 amide bonds. The van der Waals surface area contributed by atoms with Crippen LogP contribution < -0.4 is 0 Å². The first-order valence-corrected chi connectivity index (χ1v) is 8.79. The second-order valence-corrected chi connectivity index (χ2v) is 7.25. The maximum absolute atomic E-state index is 12.8. The summed E-state index contributed by atoms with van der Waals surface area (Å²) in [5, 5.41) is 9.31. The second kappa shape index (κ2) is 6.68. The number of carboxylic acids is 1. The van der Waals surface area contributed by atoms with E-state index in [2.05, 4.69) is 4.98 Å². The minimum absolute atomic E-state index is 0.0387. The van der Waals surface area contributed by atoms with Gasteiger partial charge < -0.3 is 9.84 Å². The number of carboxylic acid groups (broad SMARTS) is 1. The van der Waals surface area contributed by atoms with Crippen molar-refractivity contribution in [2.45, 2.75) is 4.90 Å². The molecule has 0 aliphatic carbocycles. The van der Waals surface area contributed by atoms with Crippen molar-refractivity contribution >= 4 is 16.0 Å². The topological polar surface area (TPSA) is 96.8 Å². The largest absolute Gasteiger partial charge is 0.478 e. The Bertz CT molecular complexity index is 846. The van der Waals surface area contributed by atoms with Crippen molar-refractivity contribution in [3.8, 4) is 11.1 Å². The van der Waals surface area contributed by atoms with Crippen molar-refractivity contribution in [2.24, 2.45) is 0 Å². The molecule has 24 heavy (non-hydrogen) atoms. The molecule has 126 valence electrons. The fourth-order valence-electron chi connectivity index (χ4n) is 2.51. The second-order valence-electron chi connectivity index (χ2n) is 5.31. The Kier molecular flexibility index (Phi) is 4.61. The Labute approximate surface area is 139 Å². The summed E-state index contributed by atoms with van der Waals surface area (Å²) in [6.45, 7) is 1.16. The summed E-state index contributed by atoms with van der Waals surface area (Å²) in [6, 6.07) is 7.57. The van der Waals surface area contributed by atoms with Gasteiger partial charge in [-0.3, -0.25) is 4.98 Å². The summed E-state index contributed by atoms with van der Waals surface area (Å²) in [4.78, 5) is 15.4. The number of benzene rings is 1. The summed E-state index contributed by atoms with van der Waals surface area (Å²) >= 11 is 0. The normalized spacial score (nSPS) is 16.0. The molecule has 0 radical (unpaired) electrons. The summed E-state index contributed by atoms with van der Waals surface area (Å²) in [7, 11) is -3.78. The molecule has 1 aliphatic rings. The molecule has 1 aliphatic heterocycles. The van der Waals surface area contributed by atoms with Crippen LogP contribution in [-0.2, 0) is 14.8 Å². The molecule has 3 rings (SSSR count). The molecule has 8 heteroatoms.